The monoisotopic (exact) mass is 435 g/mol. The molecule has 1 aromatic heterocycles. The van der Waals surface area contributed by atoms with Gasteiger partial charge in [0.1, 0.15) is 0 Å². The van der Waals surface area contributed by atoms with Crippen molar-refractivity contribution in [2.75, 3.05) is 42.9 Å². The van der Waals surface area contributed by atoms with E-state index in [9.17, 15) is 0 Å². The van der Waals surface area contributed by atoms with Gasteiger partial charge >= 0.3 is 0 Å². The smallest absolute Gasteiger partial charge is 0.210 e. The lowest BCUT2D eigenvalue weighted by atomic mass is 10.1. The summed E-state index contributed by atoms with van der Waals surface area (Å²) >= 11 is 0. The molecule has 0 bridgehead atoms. The Balaban J connectivity index is 1.36. The van der Waals surface area contributed by atoms with E-state index in [1.165, 1.54) is 22.5 Å². The minimum Gasteiger partial charge on any atom is -0.378 e. The van der Waals surface area contributed by atoms with Gasteiger partial charge in [-0.05, 0) is 59.7 Å². The van der Waals surface area contributed by atoms with Crippen LogP contribution >= 0.6 is 0 Å². The van der Waals surface area contributed by atoms with Gasteiger partial charge in [0, 0.05) is 81.9 Å². The van der Waals surface area contributed by atoms with E-state index in [4.69, 9.17) is 0 Å². The number of hydrogen-bond acceptors (Lipinski definition) is 3. The van der Waals surface area contributed by atoms with Gasteiger partial charge in [-0.25, -0.2) is 0 Å². The Kier molecular flexibility index (Phi) is 6.75. The van der Waals surface area contributed by atoms with Crippen molar-refractivity contribution in [1.82, 2.24) is 0 Å². The van der Waals surface area contributed by atoms with Crippen LogP contribution in [-0.4, -0.2) is 28.2 Å². The summed E-state index contributed by atoms with van der Waals surface area (Å²) in [5, 5.41) is 0. The number of anilines is 3. The van der Waals surface area contributed by atoms with E-state index in [0.29, 0.717) is 0 Å². The average Bonchev–Trinajstić information content (AvgIpc) is 2.85. The quantitative estimate of drug-likeness (QED) is 0.469. The molecule has 0 unspecified atom stereocenters. The van der Waals surface area contributed by atoms with E-state index in [0.717, 1.165) is 11.4 Å². The second-order valence-corrected chi connectivity index (χ2v) is 8.42. The Morgan fingerprint density at radius 3 is 1.79 bits per heavy atom. The molecule has 4 rings (SSSR count). The van der Waals surface area contributed by atoms with Gasteiger partial charge in [0.15, 0.2) is 12.4 Å². The predicted octanol–water partition coefficient (Wildman–Crippen LogP) is 5.58. The Morgan fingerprint density at radius 1 is 0.697 bits per heavy atom. The molecule has 0 aliphatic carbocycles. The van der Waals surface area contributed by atoms with Crippen molar-refractivity contribution >= 4 is 23.1 Å². The molecule has 0 N–H and O–H groups in total. The summed E-state index contributed by atoms with van der Waals surface area (Å²) in [6.07, 6.45) is 19.0. The first-order valence-corrected chi connectivity index (χ1v) is 11.1. The summed E-state index contributed by atoms with van der Waals surface area (Å²) in [6, 6.07) is 21.3. The SMILES string of the molecule is CN(C)c1ccc(N2C=CC(=CC=Cc3cc[n+](-c4ccc(N(C)C)cc4)cc3)C=C2)cc1. The van der Waals surface area contributed by atoms with E-state index in [1.807, 2.05) is 0 Å². The summed E-state index contributed by atoms with van der Waals surface area (Å²) in [5.41, 5.74) is 7.03. The highest BCUT2D eigenvalue weighted by molar-refractivity contribution is 5.61. The zero-order chi connectivity index (χ0) is 23.2. The number of aromatic nitrogens is 1. The van der Waals surface area contributed by atoms with Crippen LogP contribution in [0.1, 0.15) is 5.56 Å². The highest BCUT2D eigenvalue weighted by atomic mass is 15.1. The molecule has 166 valence electrons. The fourth-order valence-corrected chi connectivity index (χ4v) is 3.56. The van der Waals surface area contributed by atoms with E-state index < -0.39 is 0 Å². The van der Waals surface area contributed by atoms with Crippen molar-refractivity contribution in [1.29, 1.82) is 0 Å². The van der Waals surface area contributed by atoms with Crippen molar-refractivity contribution in [2.45, 2.75) is 0 Å². The van der Waals surface area contributed by atoms with Crippen LogP contribution in [0.15, 0.2) is 115 Å². The first-order valence-electron chi connectivity index (χ1n) is 11.1. The van der Waals surface area contributed by atoms with E-state index in [-0.39, 0.29) is 0 Å². The van der Waals surface area contributed by atoms with Crippen LogP contribution in [0.2, 0.25) is 0 Å². The second kappa shape index (κ2) is 10.0. The van der Waals surface area contributed by atoms with Gasteiger partial charge in [-0.3, -0.25) is 0 Å². The molecular weight excluding hydrogens is 404 g/mol. The molecule has 2 heterocycles. The number of hydrogen-bond donors (Lipinski definition) is 0. The molecule has 33 heavy (non-hydrogen) atoms. The number of allylic oxidation sites excluding steroid dienone is 5. The Morgan fingerprint density at radius 2 is 1.24 bits per heavy atom. The van der Waals surface area contributed by atoms with Gasteiger partial charge in [0.25, 0.3) is 0 Å². The van der Waals surface area contributed by atoms with Gasteiger partial charge in [-0.2, -0.15) is 4.57 Å². The van der Waals surface area contributed by atoms with E-state index >= 15 is 0 Å². The molecule has 4 nitrogen and oxygen atoms in total. The molecule has 0 radical (unpaired) electrons. The van der Waals surface area contributed by atoms with Crippen molar-refractivity contribution in [3.8, 4) is 5.69 Å². The third kappa shape index (κ3) is 5.60. The maximum Gasteiger partial charge on any atom is 0.210 e. The number of pyridine rings is 1. The lowest BCUT2D eigenvalue weighted by Crippen LogP contribution is -2.29. The summed E-state index contributed by atoms with van der Waals surface area (Å²) in [5.74, 6) is 0. The fraction of sp³-hybridized carbons (Fsp3) is 0.138. The number of rotatable bonds is 6. The largest absolute Gasteiger partial charge is 0.378 e. The van der Waals surface area contributed by atoms with Gasteiger partial charge in [-0.1, -0.05) is 18.2 Å². The second-order valence-electron chi connectivity index (χ2n) is 8.42. The minimum atomic E-state index is 1.15. The molecule has 4 heteroatoms. The highest BCUT2D eigenvalue weighted by Crippen LogP contribution is 2.23. The van der Waals surface area contributed by atoms with Crippen LogP contribution in [0, 0.1) is 0 Å². The molecule has 0 spiro atoms. The third-order valence-electron chi connectivity index (χ3n) is 5.62. The molecule has 0 saturated heterocycles. The maximum absolute atomic E-state index is 2.14. The third-order valence-corrected chi connectivity index (χ3v) is 5.62. The first kappa shape index (κ1) is 22.2. The van der Waals surface area contributed by atoms with Gasteiger partial charge in [0.2, 0.25) is 5.69 Å². The van der Waals surface area contributed by atoms with E-state index in [2.05, 4.69) is 163 Å². The zero-order valence-electron chi connectivity index (χ0n) is 19.8. The maximum atomic E-state index is 2.14. The zero-order valence-corrected chi connectivity index (χ0v) is 19.8. The summed E-state index contributed by atoms with van der Waals surface area (Å²) in [4.78, 5) is 6.34. The van der Waals surface area contributed by atoms with Crippen molar-refractivity contribution in [3.05, 3.63) is 121 Å². The Hall–Kier alpha value is -4.05. The standard InChI is InChI=1S/C29H31N4/c1-30(2)26-8-12-28(13-9-26)32-20-16-24(17-21-32)6-5-7-25-18-22-33(23-19-25)29-14-10-27(11-15-29)31(3)4/h5-23H,1-4H3/q+1. The molecule has 0 saturated carbocycles. The van der Waals surface area contributed by atoms with Gasteiger partial charge in [-0.15, -0.1) is 0 Å². The van der Waals surface area contributed by atoms with Crippen molar-refractivity contribution in [3.63, 3.8) is 0 Å². The fourth-order valence-electron chi connectivity index (χ4n) is 3.56. The lowest BCUT2D eigenvalue weighted by Gasteiger charge is -2.20. The predicted molar refractivity (Wildman–Crippen MR) is 141 cm³/mol. The summed E-state index contributed by atoms with van der Waals surface area (Å²) in [7, 11) is 8.21. The normalized spacial score (nSPS) is 13.0. The molecule has 1 aliphatic heterocycles. The molecule has 2 aromatic carbocycles. The molecule has 1 aliphatic rings. The summed E-state index contributed by atoms with van der Waals surface area (Å²) in [6.45, 7) is 0. The highest BCUT2D eigenvalue weighted by Gasteiger charge is 2.06. The molecule has 0 fully saturated rings. The molecule has 0 amide bonds. The van der Waals surface area contributed by atoms with Crippen LogP contribution in [0.3, 0.4) is 0 Å². The number of nitrogens with zero attached hydrogens (tertiary/aromatic N) is 4. The Bertz CT molecular complexity index is 1160. The summed E-state index contributed by atoms with van der Waals surface area (Å²) < 4.78 is 2.13. The van der Waals surface area contributed by atoms with Gasteiger partial charge in [0.05, 0.1) is 0 Å². The van der Waals surface area contributed by atoms with Crippen LogP contribution in [-0.2, 0) is 0 Å². The minimum absolute atomic E-state index is 1.15. The molecule has 3 aromatic rings. The first-order chi connectivity index (χ1) is 16.0. The molecular formula is C29H31N4+. The van der Waals surface area contributed by atoms with Crippen LogP contribution < -0.4 is 19.3 Å². The average molecular weight is 436 g/mol. The van der Waals surface area contributed by atoms with Crippen LogP contribution in [0.4, 0.5) is 17.1 Å². The van der Waals surface area contributed by atoms with Gasteiger partial charge < -0.3 is 14.7 Å². The van der Waals surface area contributed by atoms with Crippen molar-refractivity contribution in [2.24, 2.45) is 0 Å². The van der Waals surface area contributed by atoms with Crippen LogP contribution in [0.25, 0.3) is 11.8 Å². The molecule has 0 atom stereocenters. The Labute approximate surface area is 197 Å². The number of benzene rings is 2. The lowest BCUT2D eigenvalue weighted by molar-refractivity contribution is -0.595. The topological polar surface area (TPSA) is 13.6 Å². The van der Waals surface area contributed by atoms with E-state index in [1.54, 1.807) is 0 Å². The van der Waals surface area contributed by atoms with Crippen LogP contribution in [0.5, 0.6) is 0 Å². The van der Waals surface area contributed by atoms with Crippen molar-refractivity contribution < 1.29 is 4.57 Å².